The van der Waals surface area contributed by atoms with E-state index in [1.807, 2.05) is 6.07 Å². The molecular formula is C11H13IN2O3. The van der Waals surface area contributed by atoms with Crippen LogP contribution < -0.4 is 5.43 Å². The maximum absolute atomic E-state index is 10.9. The molecule has 1 aromatic carbocycles. The fraction of sp³-hybridized carbons (Fsp3) is 0.273. The molecule has 0 spiro atoms. The molecule has 0 saturated carbocycles. The molecule has 5 nitrogen and oxygen atoms in total. The lowest BCUT2D eigenvalue weighted by Gasteiger charge is -2.04. The van der Waals surface area contributed by atoms with Crippen molar-refractivity contribution in [3.63, 3.8) is 0 Å². The second-order valence-electron chi connectivity index (χ2n) is 3.25. The molecule has 17 heavy (non-hydrogen) atoms. The van der Waals surface area contributed by atoms with E-state index >= 15 is 0 Å². The molecule has 0 atom stereocenters. The number of aromatic hydroxyl groups is 1. The molecule has 92 valence electrons. The number of benzene rings is 1. The maximum Gasteiger partial charge on any atom is 0.427 e. The van der Waals surface area contributed by atoms with Gasteiger partial charge in [0.15, 0.2) is 0 Å². The summed E-state index contributed by atoms with van der Waals surface area (Å²) in [4.78, 5) is 10.9. The van der Waals surface area contributed by atoms with Crippen molar-refractivity contribution in [1.82, 2.24) is 5.43 Å². The summed E-state index contributed by atoms with van der Waals surface area (Å²) in [6.07, 6.45) is 0.757. The lowest BCUT2D eigenvalue weighted by molar-refractivity contribution is 0.152. The number of nitrogens with one attached hydrogen (secondary N) is 1. The number of hydrazone groups is 1. The predicted molar refractivity (Wildman–Crippen MR) is 73.3 cm³/mol. The summed E-state index contributed by atoms with van der Waals surface area (Å²) in [5.41, 5.74) is 3.50. The Bertz CT molecular complexity index is 447. The Kier molecular flexibility index (Phi) is 5.20. The summed E-state index contributed by atoms with van der Waals surface area (Å²) < 4.78 is 5.61. The van der Waals surface area contributed by atoms with Crippen LogP contribution in [0, 0.1) is 10.5 Å². The first-order chi connectivity index (χ1) is 8.04. The molecule has 0 bridgehead atoms. The number of carbonyl (C=O) groups excluding carboxylic acids is 1. The molecule has 1 aromatic rings. The van der Waals surface area contributed by atoms with E-state index in [1.165, 1.54) is 6.21 Å². The van der Waals surface area contributed by atoms with Gasteiger partial charge in [0.05, 0.1) is 12.8 Å². The van der Waals surface area contributed by atoms with Crippen LogP contribution in [0.2, 0.25) is 0 Å². The number of rotatable bonds is 3. The minimum atomic E-state index is -0.620. The Morgan fingerprint density at radius 2 is 2.35 bits per heavy atom. The maximum atomic E-state index is 10.9. The van der Waals surface area contributed by atoms with E-state index in [2.05, 4.69) is 37.9 Å². The van der Waals surface area contributed by atoms with Gasteiger partial charge in [0, 0.05) is 9.13 Å². The van der Waals surface area contributed by atoms with Gasteiger partial charge in [0.25, 0.3) is 0 Å². The van der Waals surface area contributed by atoms with Gasteiger partial charge in [-0.3, -0.25) is 0 Å². The third-order valence-corrected chi connectivity index (χ3v) is 2.55. The van der Waals surface area contributed by atoms with Crippen molar-refractivity contribution in [3.8, 4) is 5.75 Å². The lowest BCUT2D eigenvalue weighted by atomic mass is 10.1. The van der Waals surface area contributed by atoms with Crippen LogP contribution in [-0.2, 0) is 4.74 Å². The highest BCUT2D eigenvalue weighted by molar-refractivity contribution is 14.1. The van der Waals surface area contributed by atoms with Crippen LogP contribution in [-0.4, -0.2) is 24.0 Å². The summed E-state index contributed by atoms with van der Waals surface area (Å²) in [7, 11) is 0. The highest BCUT2D eigenvalue weighted by Crippen LogP contribution is 2.23. The Morgan fingerprint density at radius 1 is 1.65 bits per heavy atom. The average molecular weight is 348 g/mol. The van der Waals surface area contributed by atoms with Crippen molar-refractivity contribution in [2.24, 2.45) is 5.10 Å². The van der Waals surface area contributed by atoms with Gasteiger partial charge in [-0.1, -0.05) is 0 Å². The Hall–Kier alpha value is -1.31. The molecule has 0 radical (unpaired) electrons. The number of hydrogen-bond acceptors (Lipinski definition) is 4. The number of nitrogens with zero attached hydrogens (tertiary/aromatic N) is 1. The van der Waals surface area contributed by atoms with Gasteiger partial charge in [-0.05, 0) is 54.1 Å². The number of hydrogen-bond donors (Lipinski definition) is 2. The van der Waals surface area contributed by atoms with Crippen LogP contribution in [0.5, 0.6) is 5.75 Å². The van der Waals surface area contributed by atoms with E-state index in [-0.39, 0.29) is 12.4 Å². The Morgan fingerprint density at radius 3 is 3.00 bits per heavy atom. The van der Waals surface area contributed by atoms with E-state index in [0.717, 1.165) is 9.13 Å². The van der Waals surface area contributed by atoms with Gasteiger partial charge in [-0.2, -0.15) is 5.10 Å². The molecule has 0 saturated heterocycles. The number of carbonyl (C=O) groups is 1. The van der Waals surface area contributed by atoms with Crippen LogP contribution in [0.3, 0.4) is 0 Å². The molecular weight excluding hydrogens is 335 g/mol. The predicted octanol–water partition coefficient (Wildman–Crippen LogP) is 2.39. The molecule has 1 rings (SSSR count). The van der Waals surface area contributed by atoms with Crippen molar-refractivity contribution < 1.29 is 14.6 Å². The zero-order chi connectivity index (χ0) is 12.8. The number of phenols is 1. The standard InChI is InChI=1S/C11H13IN2O3/c1-3-17-11(16)14-13-6-8-5-9(12)4-7(2)10(8)15/h4-6,15H,3H2,1-2H3,(H,14,16). The van der Waals surface area contributed by atoms with Gasteiger partial charge < -0.3 is 9.84 Å². The highest BCUT2D eigenvalue weighted by Gasteiger charge is 2.04. The first kappa shape index (κ1) is 13.8. The molecule has 0 heterocycles. The second kappa shape index (κ2) is 6.43. The minimum Gasteiger partial charge on any atom is -0.507 e. The van der Waals surface area contributed by atoms with E-state index in [4.69, 9.17) is 0 Å². The SMILES string of the molecule is CCOC(=O)NN=Cc1cc(I)cc(C)c1O. The molecule has 1 amide bonds. The van der Waals surface area contributed by atoms with Crippen LogP contribution in [0.1, 0.15) is 18.1 Å². The summed E-state index contributed by atoms with van der Waals surface area (Å²) in [5, 5.41) is 13.4. The third kappa shape index (κ3) is 4.22. The van der Waals surface area contributed by atoms with Crippen molar-refractivity contribution in [1.29, 1.82) is 0 Å². The monoisotopic (exact) mass is 348 g/mol. The molecule has 0 fully saturated rings. The zero-order valence-electron chi connectivity index (χ0n) is 9.53. The largest absolute Gasteiger partial charge is 0.507 e. The number of ether oxygens (including phenoxy) is 1. The minimum absolute atomic E-state index is 0.153. The summed E-state index contributed by atoms with van der Waals surface area (Å²) in [6.45, 7) is 3.79. The fourth-order valence-corrected chi connectivity index (χ4v) is 1.98. The molecule has 0 aromatic heterocycles. The summed E-state index contributed by atoms with van der Waals surface area (Å²) in [6, 6.07) is 3.62. The third-order valence-electron chi connectivity index (χ3n) is 1.93. The van der Waals surface area contributed by atoms with Gasteiger partial charge in [0.2, 0.25) is 0 Å². The molecule has 2 N–H and O–H groups in total. The van der Waals surface area contributed by atoms with Crippen LogP contribution >= 0.6 is 22.6 Å². The van der Waals surface area contributed by atoms with Crippen molar-refractivity contribution in [2.75, 3.05) is 6.61 Å². The zero-order valence-corrected chi connectivity index (χ0v) is 11.7. The first-order valence-corrected chi connectivity index (χ1v) is 6.07. The van der Waals surface area contributed by atoms with Gasteiger partial charge >= 0.3 is 6.09 Å². The van der Waals surface area contributed by atoms with E-state index in [1.54, 1.807) is 19.9 Å². The Labute approximate surface area is 113 Å². The topological polar surface area (TPSA) is 70.9 Å². The quantitative estimate of drug-likeness (QED) is 0.501. The molecule has 0 unspecified atom stereocenters. The van der Waals surface area contributed by atoms with Crippen molar-refractivity contribution in [2.45, 2.75) is 13.8 Å². The molecule has 0 aliphatic heterocycles. The van der Waals surface area contributed by atoms with Crippen LogP contribution in [0.25, 0.3) is 0 Å². The fourth-order valence-electron chi connectivity index (χ4n) is 1.18. The summed E-state index contributed by atoms with van der Waals surface area (Å²) in [5.74, 6) is 0.153. The smallest absolute Gasteiger partial charge is 0.427 e. The van der Waals surface area contributed by atoms with E-state index in [9.17, 15) is 9.90 Å². The van der Waals surface area contributed by atoms with E-state index < -0.39 is 6.09 Å². The summed E-state index contributed by atoms with van der Waals surface area (Å²) >= 11 is 2.14. The second-order valence-corrected chi connectivity index (χ2v) is 4.50. The number of phenolic OH excluding ortho intramolecular Hbond substituents is 1. The lowest BCUT2D eigenvalue weighted by Crippen LogP contribution is -2.18. The normalized spacial score (nSPS) is 10.5. The van der Waals surface area contributed by atoms with Gasteiger partial charge in [-0.25, -0.2) is 10.2 Å². The van der Waals surface area contributed by atoms with Crippen molar-refractivity contribution >= 4 is 34.9 Å². The first-order valence-electron chi connectivity index (χ1n) is 4.99. The molecule has 0 aliphatic rings. The molecule has 6 heteroatoms. The Balaban J connectivity index is 2.74. The van der Waals surface area contributed by atoms with Crippen LogP contribution in [0.15, 0.2) is 17.2 Å². The number of amides is 1. The molecule has 0 aliphatic carbocycles. The average Bonchev–Trinajstić information content (AvgIpc) is 2.25. The van der Waals surface area contributed by atoms with Gasteiger partial charge in [0.1, 0.15) is 5.75 Å². The number of aryl methyl sites for hydroxylation is 1. The van der Waals surface area contributed by atoms with E-state index in [0.29, 0.717) is 5.56 Å². The number of halogens is 1. The highest BCUT2D eigenvalue weighted by atomic mass is 127. The van der Waals surface area contributed by atoms with Crippen molar-refractivity contribution in [3.05, 3.63) is 26.8 Å². The van der Waals surface area contributed by atoms with Crippen LogP contribution in [0.4, 0.5) is 4.79 Å². The van der Waals surface area contributed by atoms with Gasteiger partial charge in [-0.15, -0.1) is 0 Å².